The summed E-state index contributed by atoms with van der Waals surface area (Å²) in [4.78, 5) is 11.9. The van der Waals surface area contributed by atoms with Crippen LogP contribution in [0, 0.1) is 5.92 Å². The molecule has 1 aliphatic carbocycles. The van der Waals surface area contributed by atoms with Crippen LogP contribution in [0.3, 0.4) is 0 Å². The van der Waals surface area contributed by atoms with Gasteiger partial charge in [-0.25, -0.2) is 0 Å². The molecule has 1 heterocycles. The average molecular weight is 207 g/mol. The Hall–Kier alpha value is -1.16. The maximum Gasteiger partial charge on any atom is 0.181 e. The molecule has 0 saturated heterocycles. The summed E-state index contributed by atoms with van der Waals surface area (Å²) in [5, 5.41) is 4.00. The molecule has 1 aromatic rings. The van der Waals surface area contributed by atoms with Gasteiger partial charge in [0.25, 0.3) is 0 Å². The van der Waals surface area contributed by atoms with Crippen molar-refractivity contribution in [2.75, 3.05) is 0 Å². The van der Waals surface area contributed by atoms with E-state index in [-0.39, 0.29) is 11.8 Å². The number of Topliss-reactive ketones (excluding diaryl/α,β-unsaturated/α-hetero) is 1. The van der Waals surface area contributed by atoms with E-state index in [1.807, 2.05) is 0 Å². The molecule has 2 rings (SSSR count). The van der Waals surface area contributed by atoms with Gasteiger partial charge in [0.1, 0.15) is 5.69 Å². The quantitative estimate of drug-likeness (QED) is 0.755. The van der Waals surface area contributed by atoms with E-state index in [4.69, 9.17) is 5.73 Å². The molecule has 0 bridgehead atoms. The Balaban J connectivity index is 2.01. The standard InChI is InChI=1S/C11H17N3O/c1-14-10(5-6-13-14)11(15)7-8-3-2-4-9(8)12/h5-6,8-9H,2-4,7,12H2,1H3/t8-,9+/m0/s1. The second-order valence-electron chi connectivity index (χ2n) is 4.32. The van der Waals surface area contributed by atoms with Crippen molar-refractivity contribution in [1.82, 2.24) is 9.78 Å². The Morgan fingerprint density at radius 3 is 3.00 bits per heavy atom. The van der Waals surface area contributed by atoms with Gasteiger partial charge in [0, 0.05) is 25.7 Å². The molecule has 0 unspecified atom stereocenters. The third-order valence-electron chi connectivity index (χ3n) is 3.27. The summed E-state index contributed by atoms with van der Waals surface area (Å²) in [5.74, 6) is 0.532. The molecule has 0 spiro atoms. The van der Waals surface area contributed by atoms with Crippen LogP contribution in [0.1, 0.15) is 36.2 Å². The van der Waals surface area contributed by atoms with E-state index < -0.39 is 0 Å². The van der Waals surface area contributed by atoms with Crippen molar-refractivity contribution >= 4 is 5.78 Å². The van der Waals surface area contributed by atoms with Gasteiger partial charge >= 0.3 is 0 Å². The molecule has 2 N–H and O–H groups in total. The predicted molar refractivity (Wildman–Crippen MR) is 57.5 cm³/mol. The molecule has 1 aromatic heterocycles. The van der Waals surface area contributed by atoms with Crippen LogP contribution in [-0.2, 0) is 7.05 Å². The first kappa shape index (κ1) is 10.4. The van der Waals surface area contributed by atoms with E-state index in [1.165, 1.54) is 0 Å². The monoisotopic (exact) mass is 207 g/mol. The van der Waals surface area contributed by atoms with Crippen molar-refractivity contribution in [3.8, 4) is 0 Å². The van der Waals surface area contributed by atoms with Crippen molar-refractivity contribution in [2.45, 2.75) is 31.7 Å². The maximum absolute atomic E-state index is 11.9. The lowest BCUT2D eigenvalue weighted by molar-refractivity contribution is 0.0949. The molecular formula is C11H17N3O. The lowest BCUT2D eigenvalue weighted by atomic mass is 9.96. The lowest BCUT2D eigenvalue weighted by Gasteiger charge is -2.13. The molecule has 4 nitrogen and oxygen atoms in total. The fourth-order valence-corrected chi connectivity index (χ4v) is 2.31. The highest BCUT2D eigenvalue weighted by atomic mass is 16.1. The number of aromatic nitrogens is 2. The molecule has 82 valence electrons. The minimum Gasteiger partial charge on any atom is -0.327 e. The zero-order valence-corrected chi connectivity index (χ0v) is 9.02. The third-order valence-corrected chi connectivity index (χ3v) is 3.27. The third kappa shape index (κ3) is 2.09. The summed E-state index contributed by atoms with van der Waals surface area (Å²) >= 11 is 0. The van der Waals surface area contributed by atoms with Gasteiger partial charge in [-0.3, -0.25) is 9.48 Å². The van der Waals surface area contributed by atoms with Crippen LogP contribution in [0.2, 0.25) is 0 Å². The van der Waals surface area contributed by atoms with Crippen LogP contribution < -0.4 is 5.73 Å². The number of ketones is 1. The molecule has 0 radical (unpaired) electrons. The molecule has 1 saturated carbocycles. The van der Waals surface area contributed by atoms with Gasteiger partial charge in [-0.15, -0.1) is 0 Å². The van der Waals surface area contributed by atoms with Gasteiger partial charge in [-0.05, 0) is 24.8 Å². The Morgan fingerprint density at radius 1 is 1.67 bits per heavy atom. The first-order chi connectivity index (χ1) is 7.18. The van der Waals surface area contributed by atoms with E-state index in [0.717, 1.165) is 19.3 Å². The van der Waals surface area contributed by atoms with E-state index >= 15 is 0 Å². The first-order valence-electron chi connectivity index (χ1n) is 5.45. The largest absolute Gasteiger partial charge is 0.327 e. The molecular weight excluding hydrogens is 190 g/mol. The number of hydrogen-bond acceptors (Lipinski definition) is 3. The van der Waals surface area contributed by atoms with Gasteiger partial charge in [0.2, 0.25) is 0 Å². The predicted octanol–water partition coefficient (Wildman–Crippen LogP) is 1.12. The Labute approximate surface area is 89.5 Å². The molecule has 15 heavy (non-hydrogen) atoms. The van der Waals surface area contributed by atoms with Gasteiger partial charge in [-0.2, -0.15) is 5.10 Å². The van der Waals surface area contributed by atoms with Gasteiger partial charge in [0.15, 0.2) is 5.78 Å². The lowest BCUT2D eigenvalue weighted by Crippen LogP contribution is -2.26. The van der Waals surface area contributed by atoms with Crippen molar-refractivity contribution < 1.29 is 4.79 Å². The van der Waals surface area contributed by atoms with Crippen molar-refractivity contribution in [1.29, 1.82) is 0 Å². The smallest absolute Gasteiger partial charge is 0.181 e. The van der Waals surface area contributed by atoms with E-state index in [9.17, 15) is 4.79 Å². The summed E-state index contributed by atoms with van der Waals surface area (Å²) in [5.41, 5.74) is 6.63. The van der Waals surface area contributed by atoms with Gasteiger partial charge in [-0.1, -0.05) is 6.42 Å². The van der Waals surface area contributed by atoms with Crippen LogP contribution in [0.25, 0.3) is 0 Å². The molecule has 0 aromatic carbocycles. The second kappa shape index (κ2) is 4.14. The number of aryl methyl sites for hydroxylation is 1. The van der Waals surface area contributed by atoms with Gasteiger partial charge < -0.3 is 5.73 Å². The summed E-state index contributed by atoms with van der Waals surface area (Å²) in [6.07, 6.45) is 5.53. The fourth-order valence-electron chi connectivity index (χ4n) is 2.31. The highest BCUT2D eigenvalue weighted by molar-refractivity contribution is 5.94. The van der Waals surface area contributed by atoms with Crippen LogP contribution in [0.5, 0.6) is 0 Å². The fraction of sp³-hybridized carbons (Fsp3) is 0.636. The van der Waals surface area contributed by atoms with Crippen molar-refractivity contribution in [3.05, 3.63) is 18.0 Å². The second-order valence-corrected chi connectivity index (χ2v) is 4.32. The number of carbonyl (C=O) groups is 1. The van der Waals surface area contributed by atoms with E-state index in [0.29, 0.717) is 18.0 Å². The van der Waals surface area contributed by atoms with Crippen LogP contribution in [-0.4, -0.2) is 21.6 Å². The zero-order valence-electron chi connectivity index (χ0n) is 9.02. The summed E-state index contributed by atoms with van der Waals surface area (Å²) < 4.78 is 1.63. The van der Waals surface area contributed by atoms with Crippen LogP contribution in [0.15, 0.2) is 12.3 Å². The highest BCUT2D eigenvalue weighted by Gasteiger charge is 2.27. The highest BCUT2D eigenvalue weighted by Crippen LogP contribution is 2.27. The van der Waals surface area contributed by atoms with Gasteiger partial charge in [0.05, 0.1) is 0 Å². The average Bonchev–Trinajstić information content (AvgIpc) is 2.76. The summed E-state index contributed by atoms with van der Waals surface area (Å²) in [6.45, 7) is 0. The molecule has 1 aliphatic rings. The SMILES string of the molecule is Cn1nccc1C(=O)C[C@@H]1CCC[C@H]1N. The zero-order chi connectivity index (χ0) is 10.8. The normalized spacial score (nSPS) is 25.7. The number of carbonyl (C=O) groups excluding carboxylic acids is 1. The van der Waals surface area contributed by atoms with Crippen LogP contribution >= 0.6 is 0 Å². The summed E-state index contributed by atoms with van der Waals surface area (Å²) in [6, 6.07) is 1.98. The molecule has 4 heteroatoms. The van der Waals surface area contributed by atoms with Crippen molar-refractivity contribution in [2.24, 2.45) is 18.7 Å². The topological polar surface area (TPSA) is 60.9 Å². The Kier molecular flexibility index (Phi) is 2.86. The summed E-state index contributed by atoms with van der Waals surface area (Å²) in [7, 11) is 1.79. The number of hydrogen-bond donors (Lipinski definition) is 1. The van der Waals surface area contributed by atoms with E-state index in [1.54, 1.807) is 24.0 Å². The van der Waals surface area contributed by atoms with Crippen molar-refractivity contribution in [3.63, 3.8) is 0 Å². The molecule has 0 amide bonds. The van der Waals surface area contributed by atoms with Crippen LogP contribution in [0.4, 0.5) is 0 Å². The molecule has 2 atom stereocenters. The molecule has 1 fully saturated rings. The minimum absolute atomic E-state index is 0.164. The molecule has 0 aliphatic heterocycles. The number of rotatable bonds is 3. The van der Waals surface area contributed by atoms with E-state index in [2.05, 4.69) is 5.10 Å². The minimum atomic E-state index is 0.164. The number of nitrogens with two attached hydrogens (primary N) is 1. The Morgan fingerprint density at radius 2 is 2.47 bits per heavy atom. The maximum atomic E-state index is 11.9. The Bertz CT molecular complexity index is 358. The first-order valence-corrected chi connectivity index (χ1v) is 5.45. The number of nitrogens with zero attached hydrogens (tertiary/aromatic N) is 2.